The van der Waals surface area contributed by atoms with Crippen molar-refractivity contribution in [3.8, 4) is 0 Å². The van der Waals surface area contributed by atoms with Crippen LogP contribution in [0.15, 0.2) is 60.7 Å². The molecular weight excluding hydrogens is 548 g/mol. The number of unbranched alkanes of at least 4 members (excludes halogenated alkanes) is 1. The van der Waals surface area contributed by atoms with Crippen molar-refractivity contribution in [1.29, 1.82) is 0 Å². The minimum atomic E-state index is 0. The van der Waals surface area contributed by atoms with E-state index in [-0.39, 0.29) is 34.0 Å². The number of fused-ring (bicyclic) bond motifs is 6. The molecule has 2 unspecified atom stereocenters. The Morgan fingerprint density at radius 1 is 0.529 bits per heavy atom. The van der Waals surface area contributed by atoms with E-state index in [0.29, 0.717) is 0 Å². The Morgan fingerprint density at radius 2 is 0.882 bits per heavy atom. The fourth-order valence-corrected chi connectivity index (χ4v) is 8.25. The summed E-state index contributed by atoms with van der Waals surface area (Å²) in [6, 6.07) is 22.9. The minimum absolute atomic E-state index is 0. The Hall–Kier alpha value is -0.680. The van der Waals surface area contributed by atoms with E-state index in [4.69, 9.17) is 0 Å². The molecule has 0 radical (unpaired) electrons. The van der Waals surface area contributed by atoms with E-state index >= 15 is 0 Å². The molecule has 6 aliphatic heterocycles. The van der Waals surface area contributed by atoms with Crippen LogP contribution in [0.3, 0.4) is 0 Å². The summed E-state index contributed by atoms with van der Waals surface area (Å²) in [5, 5.41) is 0. The van der Waals surface area contributed by atoms with Gasteiger partial charge in [0.2, 0.25) is 0 Å². The number of nitrogens with zero attached hydrogens (tertiary/aromatic N) is 2. The molecule has 34 heavy (non-hydrogen) atoms. The molecule has 0 aliphatic carbocycles. The van der Waals surface area contributed by atoms with E-state index in [2.05, 4.69) is 60.7 Å². The SMILES string of the molecule is [Br-].[Br-].c1ccc(C2C[N+]3(CCCC[N+]45CCC(CC4)C(c4ccccc4)C5)CCC2CC3)cc1. The van der Waals surface area contributed by atoms with Gasteiger partial charge in [-0.1, -0.05) is 60.7 Å². The van der Waals surface area contributed by atoms with Gasteiger partial charge in [-0.25, -0.2) is 0 Å². The zero-order valence-electron chi connectivity index (χ0n) is 20.6. The summed E-state index contributed by atoms with van der Waals surface area (Å²) >= 11 is 0. The molecule has 4 bridgehead atoms. The maximum absolute atomic E-state index is 2.39. The van der Waals surface area contributed by atoms with Crippen molar-refractivity contribution in [3.63, 3.8) is 0 Å². The van der Waals surface area contributed by atoms with Gasteiger partial charge in [0.25, 0.3) is 0 Å². The highest BCUT2D eigenvalue weighted by atomic mass is 79.9. The molecule has 6 aliphatic rings. The third-order valence-electron chi connectivity index (χ3n) is 10.2. The number of hydrogen-bond acceptors (Lipinski definition) is 0. The zero-order valence-corrected chi connectivity index (χ0v) is 23.8. The third kappa shape index (κ3) is 5.21. The van der Waals surface area contributed by atoms with E-state index in [0.717, 1.165) is 23.7 Å². The second kappa shape index (κ2) is 11.2. The Labute approximate surface area is 228 Å². The van der Waals surface area contributed by atoms with Crippen molar-refractivity contribution in [3.05, 3.63) is 71.8 Å². The Morgan fingerprint density at radius 3 is 1.24 bits per heavy atom. The predicted molar refractivity (Wildman–Crippen MR) is 133 cm³/mol. The van der Waals surface area contributed by atoms with Crippen LogP contribution in [0.5, 0.6) is 0 Å². The van der Waals surface area contributed by atoms with Crippen LogP contribution in [0.1, 0.15) is 61.5 Å². The molecule has 4 heteroatoms. The lowest BCUT2D eigenvalue weighted by molar-refractivity contribution is -0.950. The maximum atomic E-state index is 2.39. The summed E-state index contributed by atoms with van der Waals surface area (Å²) in [6.45, 7) is 11.5. The molecule has 2 nitrogen and oxygen atoms in total. The van der Waals surface area contributed by atoms with Crippen molar-refractivity contribution >= 4 is 0 Å². The average Bonchev–Trinajstić information content (AvgIpc) is 2.89. The molecule has 0 N–H and O–H groups in total. The molecule has 0 saturated carbocycles. The van der Waals surface area contributed by atoms with Crippen molar-refractivity contribution in [2.45, 2.75) is 50.4 Å². The smallest absolute Gasteiger partial charge is 0.0859 e. The number of rotatable bonds is 7. The lowest BCUT2D eigenvalue weighted by Crippen LogP contribution is -3.00. The van der Waals surface area contributed by atoms with Crippen molar-refractivity contribution in [2.24, 2.45) is 11.8 Å². The highest BCUT2D eigenvalue weighted by Gasteiger charge is 2.47. The number of halogens is 2. The molecule has 2 atom stereocenters. The first-order chi connectivity index (χ1) is 15.7. The maximum Gasteiger partial charge on any atom is 0.0859 e. The largest absolute Gasteiger partial charge is 1.00 e. The molecule has 6 heterocycles. The van der Waals surface area contributed by atoms with Crippen LogP contribution in [0.2, 0.25) is 0 Å². The van der Waals surface area contributed by atoms with Gasteiger partial charge in [-0.2, -0.15) is 0 Å². The van der Waals surface area contributed by atoms with Gasteiger partial charge in [-0.3, -0.25) is 0 Å². The summed E-state index contributed by atoms with van der Waals surface area (Å²) in [5.41, 5.74) is 3.22. The normalized spacial score (nSPS) is 35.9. The second-order valence-corrected chi connectivity index (χ2v) is 11.8. The predicted octanol–water partition coefficient (Wildman–Crippen LogP) is -0.177. The van der Waals surface area contributed by atoms with Gasteiger partial charge < -0.3 is 42.9 Å². The van der Waals surface area contributed by atoms with Crippen molar-refractivity contribution in [1.82, 2.24) is 0 Å². The summed E-state index contributed by atoms with van der Waals surface area (Å²) in [7, 11) is 0. The molecule has 8 rings (SSSR count). The third-order valence-corrected chi connectivity index (χ3v) is 10.2. The van der Waals surface area contributed by atoms with E-state index in [9.17, 15) is 0 Å². The van der Waals surface area contributed by atoms with E-state index in [1.807, 2.05) is 0 Å². The van der Waals surface area contributed by atoms with E-state index in [1.54, 1.807) is 11.1 Å². The Bertz CT molecular complexity index is 811. The topological polar surface area (TPSA) is 0 Å². The molecule has 2 aromatic carbocycles. The second-order valence-electron chi connectivity index (χ2n) is 11.8. The van der Waals surface area contributed by atoms with Crippen LogP contribution < -0.4 is 34.0 Å². The van der Waals surface area contributed by atoms with Crippen LogP contribution in [0, 0.1) is 11.8 Å². The van der Waals surface area contributed by atoms with Gasteiger partial charge in [-0.15, -0.1) is 0 Å². The summed E-state index contributed by atoms with van der Waals surface area (Å²) in [6.07, 6.45) is 8.70. The highest BCUT2D eigenvalue weighted by molar-refractivity contribution is 5.22. The molecule has 186 valence electrons. The molecule has 6 fully saturated rings. The highest BCUT2D eigenvalue weighted by Crippen LogP contribution is 2.45. The molecular formula is C30H42Br2N2. The monoisotopic (exact) mass is 588 g/mol. The van der Waals surface area contributed by atoms with Gasteiger partial charge >= 0.3 is 0 Å². The fourth-order valence-electron chi connectivity index (χ4n) is 8.25. The van der Waals surface area contributed by atoms with Crippen LogP contribution in [0.4, 0.5) is 0 Å². The summed E-state index contributed by atoms with van der Waals surface area (Å²) in [4.78, 5) is 0. The van der Waals surface area contributed by atoms with Crippen LogP contribution in [-0.4, -0.2) is 61.3 Å². The van der Waals surface area contributed by atoms with Crippen LogP contribution >= 0.6 is 0 Å². The number of hydrogen-bond donors (Lipinski definition) is 0. The zero-order chi connectivity index (χ0) is 21.4. The first kappa shape index (κ1) is 26.4. The van der Waals surface area contributed by atoms with Gasteiger partial charge in [0, 0.05) is 50.4 Å². The van der Waals surface area contributed by atoms with Crippen molar-refractivity contribution in [2.75, 3.05) is 52.4 Å². The molecule has 0 aromatic heterocycles. The fraction of sp³-hybridized carbons (Fsp3) is 0.600. The quantitative estimate of drug-likeness (QED) is 0.311. The lowest BCUT2D eigenvalue weighted by atomic mass is 9.73. The van der Waals surface area contributed by atoms with E-state index < -0.39 is 0 Å². The molecule has 0 amide bonds. The van der Waals surface area contributed by atoms with Gasteiger partial charge in [0.15, 0.2) is 0 Å². The Kier molecular flexibility index (Phi) is 8.65. The van der Waals surface area contributed by atoms with Gasteiger partial charge in [-0.05, 0) is 23.0 Å². The number of quaternary nitrogens is 2. The summed E-state index contributed by atoms with van der Waals surface area (Å²) < 4.78 is 2.84. The Balaban J connectivity index is 0.00000137. The first-order valence-electron chi connectivity index (χ1n) is 13.5. The standard InChI is InChI=1S/C30H42N2.2BrH/c1-3-9-25(10-4-1)29-23-31(19-13-27(29)14-20-31)17-7-8-18-32-21-15-28(16-22-32)30(24-32)26-11-5-2-6-12-26;;/h1-6,9-12,27-30H,7-8,13-24H2;2*1H/q+2;;/p-2. The first-order valence-corrected chi connectivity index (χ1v) is 13.5. The molecule has 0 spiro atoms. The van der Waals surface area contributed by atoms with Crippen LogP contribution in [-0.2, 0) is 0 Å². The lowest BCUT2D eigenvalue weighted by Gasteiger charge is -2.54. The van der Waals surface area contributed by atoms with Gasteiger partial charge in [0.05, 0.1) is 52.4 Å². The average molecular weight is 590 g/mol. The van der Waals surface area contributed by atoms with Crippen molar-refractivity contribution < 1.29 is 42.9 Å². The molecule has 6 saturated heterocycles. The summed E-state index contributed by atoms with van der Waals surface area (Å²) in [5.74, 6) is 3.52. The number of benzene rings is 2. The van der Waals surface area contributed by atoms with E-state index in [1.165, 1.54) is 99.8 Å². The number of piperidine rings is 6. The van der Waals surface area contributed by atoms with Crippen LogP contribution in [0.25, 0.3) is 0 Å². The molecule has 2 aromatic rings. The van der Waals surface area contributed by atoms with Gasteiger partial charge in [0.1, 0.15) is 0 Å². The minimum Gasteiger partial charge on any atom is -1.00 e.